The number of imidazole rings is 1. The van der Waals surface area contributed by atoms with Crippen molar-refractivity contribution in [1.82, 2.24) is 9.38 Å². The second kappa shape index (κ2) is 5.14. The average molecular weight is 308 g/mol. The van der Waals surface area contributed by atoms with Gasteiger partial charge in [-0.3, -0.25) is 0 Å². The number of fused-ring (bicyclic) bond motifs is 1. The highest BCUT2D eigenvalue weighted by Gasteiger charge is 2.26. The molecule has 0 amide bonds. The van der Waals surface area contributed by atoms with Crippen molar-refractivity contribution in [2.75, 3.05) is 11.5 Å². The summed E-state index contributed by atoms with van der Waals surface area (Å²) >= 11 is 0. The van der Waals surface area contributed by atoms with Crippen molar-refractivity contribution in [3.63, 3.8) is 0 Å². The molecule has 2 aromatic rings. The number of sulfone groups is 1. The number of carboxylic acid groups (broad SMARTS) is 1. The summed E-state index contributed by atoms with van der Waals surface area (Å²) in [5, 5.41) is 9.16. The number of pyridine rings is 1. The predicted molar refractivity (Wildman–Crippen MR) is 77.2 cm³/mol. The summed E-state index contributed by atoms with van der Waals surface area (Å²) in [7, 11) is -2.94. The number of aromatic carboxylic acids is 1. The van der Waals surface area contributed by atoms with Gasteiger partial charge in [0, 0.05) is 12.6 Å². The first-order chi connectivity index (χ1) is 9.96. The second-order valence-electron chi connectivity index (χ2n) is 5.48. The minimum Gasteiger partial charge on any atom is -0.478 e. The van der Waals surface area contributed by atoms with Crippen LogP contribution in [0.25, 0.3) is 5.52 Å². The minimum absolute atomic E-state index is 0.0582. The number of carboxylic acids is 1. The van der Waals surface area contributed by atoms with Gasteiger partial charge in [0.15, 0.2) is 9.84 Å². The molecule has 0 aromatic carbocycles. The smallest absolute Gasteiger partial charge is 0.337 e. The second-order valence-corrected chi connectivity index (χ2v) is 7.71. The number of hydrogen-bond acceptors (Lipinski definition) is 4. The van der Waals surface area contributed by atoms with Gasteiger partial charge in [-0.25, -0.2) is 18.2 Å². The van der Waals surface area contributed by atoms with Gasteiger partial charge in [-0.15, -0.1) is 0 Å². The van der Waals surface area contributed by atoms with Crippen molar-refractivity contribution in [2.24, 2.45) is 5.92 Å². The normalized spacial score (nSPS) is 21.4. The van der Waals surface area contributed by atoms with Crippen molar-refractivity contribution >= 4 is 21.3 Å². The van der Waals surface area contributed by atoms with Gasteiger partial charge in [-0.2, -0.15) is 0 Å². The number of rotatable bonds is 3. The zero-order chi connectivity index (χ0) is 15.0. The summed E-state index contributed by atoms with van der Waals surface area (Å²) < 4.78 is 25.1. The van der Waals surface area contributed by atoms with Crippen LogP contribution in [0.4, 0.5) is 0 Å². The van der Waals surface area contributed by atoms with Gasteiger partial charge in [0.2, 0.25) is 0 Å². The Morgan fingerprint density at radius 1 is 1.48 bits per heavy atom. The number of nitrogens with zero attached hydrogens (tertiary/aromatic N) is 2. The third-order valence-electron chi connectivity index (χ3n) is 3.91. The highest BCUT2D eigenvalue weighted by Crippen LogP contribution is 2.23. The number of carbonyl (C=O) groups is 1. The zero-order valence-corrected chi connectivity index (χ0v) is 12.2. The van der Waals surface area contributed by atoms with Crippen LogP contribution in [0.5, 0.6) is 0 Å². The van der Waals surface area contributed by atoms with Crippen molar-refractivity contribution in [2.45, 2.75) is 19.3 Å². The molecule has 112 valence electrons. The Balaban J connectivity index is 1.92. The maximum atomic E-state index is 11.7. The molecule has 1 N–H and O–H groups in total. The first-order valence-corrected chi connectivity index (χ1v) is 8.67. The first-order valence-electron chi connectivity index (χ1n) is 6.85. The summed E-state index contributed by atoms with van der Waals surface area (Å²) in [4.78, 5) is 15.5. The molecule has 1 unspecified atom stereocenters. The van der Waals surface area contributed by atoms with Crippen LogP contribution in [0.1, 0.15) is 29.0 Å². The van der Waals surface area contributed by atoms with E-state index in [9.17, 15) is 13.2 Å². The fourth-order valence-corrected chi connectivity index (χ4v) is 4.72. The molecule has 1 aliphatic heterocycles. The number of hydrogen-bond donors (Lipinski definition) is 1. The molecular formula is C14H16N2O4S. The average Bonchev–Trinajstić information content (AvgIpc) is 2.80. The summed E-state index contributed by atoms with van der Waals surface area (Å²) in [5.41, 5.74) is 0.742. The molecule has 0 saturated carbocycles. The highest BCUT2D eigenvalue weighted by molar-refractivity contribution is 7.91. The van der Waals surface area contributed by atoms with Crippen molar-refractivity contribution in [3.05, 3.63) is 35.9 Å². The largest absolute Gasteiger partial charge is 0.478 e. The van der Waals surface area contributed by atoms with Crippen LogP contribution in [0.3, 0.4) is 0 Å². The van der Waals surface area contributed by atoms with Crippen molar-refractivity contribution in [1.29, 1.82) is 0 Å². The van der Waals surface area contributed by atoms with Gasteiger partial charge in [0.1, 0.15) is 5.82 Å². The molecule has 0 radical (unpaired) electrons. The monoisotopic (exact) mass is 308 g/mol. The van der Waals surface area contributed by atoms with Crippen LogP contribution in [0.15, 0.2) is 24.5 Å². The van der Waals surface area contributed by atoms with E-state index in [-0.39, 0.29) is 23.0 Å². The van der Waals surface area contributed by atoms with E-state index in [0.717, 1.165) is 12.2 Å². The van der Waals surface area contributed by atoms with Crippen LogP contribution in [-0.4, -0.2) is 40.4 Å². The molecule has 7 heteroatoms. The summed E-state index contributed by atoms with van der Waals surface area (Å²) in [6, 6.07) is 3.20. The Hall–Kier alpha value is -1.89. The zero-order valence-electron chi connectivity index (χ0n) is 11.4. The van der Waals surface area contributed by atoms with Crippen LogP contribution in [0, 0.1) is 5.92 Å². The highest BCUT2D eigenvalue weighted by atomic mass is 32.2. The molecule has 2 aromatic heterocycles. The molecule has 1 fully saturated rings. The topological polar surface area (TPSA) is 88.7 Å². The van der Waals surface area contributed by atoms with E-state index in [1.807, 2.05) is 0 Å². The Morgan fingerprint density at radius 3 is 3.00 bits per heavy atom. The van der Waals surface area contributed by atoms with Gasteiger partial charge in [0.25, 0.3) is 0 Å². The number of aromatic nitrogens is 2. The molecular weight excluding hydrogens is 292 g/mol. The van der Waals surface area contributed by atoms with Gasteiger partial charge in [-0.05, 0) is 30.9 Å². The minimum atomic E-state index is -2.94. The van der Waals surface area contributed by atoms with E-state index >= 15 is 0 Å². The fraction of sp³-hybridized carbons (Fsp3) is 0.429. The lowest BCUT2D eigenvalue weighted by Crippen LogP contribution is -2.27. The molecule has 0 spiro atoms. The molecule has 6 nitrogen and oxygen atoms in total. The molecule has 1 atom stereocenters. The SMILES string of the molecule is O=C(O)c1cccn2c(CC3CCCS(=O)(=O)C3)ncc12. The Labute approximate surface area is 122 Å². The maximum Gasteiger partial charge on any atom is 0.337 e. The lowest BCUT2D eigenvalue weighted by molar-refractivity contribution is 0.0698. The van der Waals surface area contributed by atoms with Crippen LogP contribution in [0.2, 0.25) is 0 Å². The van der Waals surface area contributed by atoms with E-state index in [1.165, 1.54) is 12.3 Å². The maximum absolute atomic E-state index is 11.7. The van der Waals surface area contributed by atoms with Crippen LogP contribution in [-0.2, 0) is 16.3 Å². The third kappa shape index (κ3) is 2.78. The van der Waals surface area contributed by atoms with E-state index in [1.54, 1.807) is 16.7 Å². The molecule has 3 rings (SSSR count). The van der Waals surface area contributed by atoms with E-state index in [0.29, 0.717) is 18.4 Å². The van der Waals surface area contributed by atoms with Gasteiger partial charge < -0.3 is 9.51 Å². The molecule has 0 aliphatic carbocycles. The lowest BCUT2D eigenvalue weighted by atomic mass is 10.0. The fourth-order valence-electron chi connectivity index (χ4n) is 2.94. The van der Waals surface area contributed by atoms with Crippen LogP contribution < -0.4 is 0 Å². The van der Waals surface area contributed by atoms with Crippen molar-refractivity contribution in [3.8, 4) is 0 Å². The quantitative estimate of drug-likeness (QED) is 0.926. The summed E-state index contributed by atoms with van der Waals surface area (Å²) in [5.74, 6) is 0.250. The molecule has 1 saturated heterocycles. The predicted octanol–water partition coefficient (Wildman–Crippen LogP) is 1.40. The van der Waals surface area contributed by atoms with Gasteiger partial charge in [0.05, 0.1) is 28.8 Å². The Bertz CT molecular complexity index is 794. The molecule has 1 aliphatic rings. The van der Waals surface area contributed by atoms with E-state index < -0.39 is 15.8 Å². The lowest BCUT2D eigenvalue weighted by Gasteiger charge is -2.21. The standard InChI is InChI=1S/C14H16N2O4S/c17-14(18)11-4-1-5-16-12(11)8-15-13(16)7-10-3-2-6-21(19,20)9-10/h1,4-5,8,10H,2-3,6-7,9H2,(H,17,18). The summed E-state index contributed by atoms with van der Waals surface area (Å²) in [6.07, 6.45) is 5.41. The Kier molecular flexibility index (Phi) is 3.44. The molecule has 3 heterocycles. The van der Waals surface area contributed by atoms with Crippen molar-refractivity contribution < 1.29 is 18.3 Å². The van der Waals surface area contributed by atoms with Gasteiger partial charge >= 0.3 is 5.97 Å². The molecule has 0 bridgehead atoms. The van der Waals surface area contributed by atoms with Gasteiger partial charge in [-0.1, -0.05) is 0 Å². The summed E-state index contributed by atoms with van der Waals surface area (Å²) in [6.45, 7) is 0. The first kappa shape index (κ1) is 14.1. The van der Waals surface area contributed by atoms with E-state index in [4.69, 9.17) is 5.11 Å². The molecule has 21 heavy (non-hydrogen) atoms. The third-order valence-corrected chi connectivity index (χ3v) is 5.80. The van der Waals surface area contributed by atoms with Crippen LogP contribution >= 0.6 is 0 Å². The Morgan fingerprint density at radius 2 is 2.29 bits per heavy atom. The van der Waals surface area contributed by atoms with E-state index in [2.05, 4.69) is 4.98 Å².